The van der Waals surface area contributed by atoms with Gasteiger partial charge in [0, 0.05) is 18.0 Å². The molecule has 8 nitrogen and oxygen atoms in total. The highest BCUT2D eigenvalue weighted by atomic mass is 16.1. The number of nitrogens with zero attached hydrogens (tertiary/aromatic N) is 6. The maximum Gasteiger partial charge on any atom is 0.255 e. The van der Waals surface area contributed by atoms with Gasteiger partial charge in [0.2, 0.25) is 0 Å². The van der Waals surface area contributed by atoms with Crippen LogP contribution in [0, 0.1) is 0 Å². The first-order chi connectivity index (χ1) is 11.7. The molecule has 1 amide bonds. The van der Waals surface area contributed by atoms with Crippen molar-refractivity contribution in [3.8, 4) is 0 Å². The summed E-state index contributed by atoms with van der Waals surface area (Å²) in [4.78, 5) is 14.7. The van der Waals surface area contributed by atoms with Crippen LogP contribution in [0.3, 0.4) is 0 Å². The van der Waals surface area contributed by atoms with Crippen LogP contribution in [0.15, 0.2) is 37.1 Å². The molecule has 0 atom stereocenters. The standard InChI is InChI=1S/C16H19N7O/c1-21-5-3-14(4-6-21)23-10-13(9-18-23)19-16(24)12-2-7-22-11-17-20-15(22)8-12/h2,7-11,14H,3-6H2,1H3,(H,19,24). The van der Waals surface area contributed by atoms with Crippen molar-refractivity contribution in [1.82, 2.24) is 29.3 Å². The van der Waals surface area contributed by atoms with Gasteiger partial charge in [-0.15, -0.1) is 10.2 Å². The molecular formula is C16H19N7O. The van der Waals surface area contributed by atoms with Gasteiger partial charge < -0.3 is 10.2 Å². The van der Waals surface area contributed by atoms with E-state index < -0.39 is 0 Å². The minimum atomic E-state index is -0.177. The minimum Gasteiger partial charge on any atom is -0.319 e. The van der Waals surface area contributed by atoms with Gasteiger partial charge in [0.25, 0.3) is 5.91 Å². The molecule has 0 saturated carbocycles. The summed E-state index contributed by atoms with van der Waals surface area (Å²) in [5, 5.41) is 15.1. The molecule has 0 radical (unpaired) electrons. The number of hydrogen-bond donors (Lipinski definition) is 1. The van der Waals surface area contributed by atoms with E-state index in [1.807, 2.05) is 10.9 Å². The quantitative estimate of drug-likeness (QED) is 0.788. The van der Waals surface area contributed by atoms with Crippen molar-refractivity contribution in [3.63, 3.8) is 0 Å². The van der Waals surface area contributed by atoms with Crippen LogP contribution in [0.5, 0.6) is 0 Å². The first kappa shape index (κ1) is 14.8. The third kappa shape index (κ3) is 2.88. The molecule has 0 unspecified atom stereocenters. The molecule has 124 valence electrons. The average molecular weight is 325 g/mol. The third-order valence-electron chi connectivity index (χ3n) is 4.48. The molecule has 4 heterocycles. The van der Waals surface area contributed by atoms with Crippen molar-refractivity contribution in [2.75, 3.05) is 25.5 Å². The first-order valence-electron chi connectivity index (χ1n) is 8.02. The van der Waals surface area contributed by atoms with Crippen LogP contribution in [-0.4, -0.2) is 55.3 Å². The number of piperidine rings is 1. The summed E-state index contributed by atoms with van der Waals surface area (Å²) < 4.78 is 3.72. The lowest BCUT2D eigenvalue weighted by atomic mass is 10.1. The lowest BCUT2D eigenvalue weighted by Gasteiger charge is -2.28. The Morgan fingerprint density at radius 3 is 3.00 bits per heavy atom. The van der Waals surface area contributed by atoms with Gasteiger partial charge in [0.05, 0.1) is 17.9 Å². The number of fused-ring (bicyclic) bond motifs is 1. The Kier molecular flexibility index (Phi) is 3.73. The normalized spacial score (nSPS) is 16.5. The predicted molar refractivity (Wildman–Crippen MR) is 88.9 cm³/mol. The van der Waals surface area contributed by atoms with Gasteiger partial charge in [0.1, 0.15) is 6.33 Å². The van der Waals surface area contributed by atoms with E-state index in [0.717, 1.165) is 25.9 Å². The lowest BCUT2D eigenvalue weighted by Crippen LogP contribution is -2.31. The summed E-state index contributed by atoms with van der Waals surface area (Å²) in [5.41, 5.74) is 1.90. The van der Waals surface area contributed by atoms with Crippen molar-refractivity contribution < 1.29 is 4.79 Å². The molecule has 1 N–H and O–H groups in total. The Morgan fingerprint density at radius 2 is 2.17 bits per heavy atom. The number of anilines is 1. The summed E-state index contributed by atoms with van der Waals surface area (Å²) >= 11 is 0. The first-order valence-corrected chi connectivity index (χ1v) is 8.02. The smallest absolute Gasteiger partial charge is 0.255 e. The van der Waals surface area contributed by atoms with Crippen LogP contribution in [0.25, 0.3) is 5.65 Å². The van der Waals surface area contributed by atoms with E-state index in [1.165, 1.54) is 0 Å². The number of likely N-dealkylation sites (tertiary alicyclic amines) is 1. The number of rotatable bonds is 3. The van der Waals surface area contributed by atoms with Crippen LogP contribution < -0.4 is 5.32 Å². The lowest BCUT2D eigenvalue weighted by molar-refractivity contribution is 0.102. The number of amides is 1. The summed E-state index contributed by atoms with van der Waals surface area (Å²) in [5.74, 6) is -0.177. The van der Waals surface area contributed by atoms with Crippen molar-refractivity contribution in [2.24, 2.45) is 0 Å². The van der Waals surface area contributed by atoms with Crippen molar-refractivity contribution in [2.45, 2.75) is 18.9 Å². The second-order valence-corrected chi connectivity index (χ2v) is 6.21. The van der Waals surface area contributed by atoms with Crippen LogP contribution in [0.1, 0.15) is 29.2 Å². The van der Waals surface area contributed by atoms with Gasteiger partial charge in [-0.1, -0.05) is 0 Å². The molecule has 4 rings (SSSR count). The molecule has 0 aromatic carbocycles. The highest BCUT2D eigenvalue weighted by Crippen LogP contribution is 2.22. The van der Waals surface area contributed by atoms with Crippen molar-refractivity contribution in [3.05, 3.63) is 42.6 Å². The van der Waals surface area contributed by atoms with Gasteiger partial charge in [0.15, 0.2) is 5.65 Å². The molecule has 24 heavy (non-hydrogen) atoms. The third-order valence-corrected chi connectivity index (χ3v) is 4.48. The number of carbonyl (C=O) groups is 1. The van der Waals surface area contributed by atoms with Gasteiger partial charge in [-0.05, 0) is 45.1 Å². The van der Waals surface area contributed by atoms with Crippen LogP contribution in [0.4, 0.5) is 5.69 Å². The van der Waals surface area contributed by atoms with Gasteiger partial charge in [-0.3, -0.25) is 13.9 Å². The fraction of sp³-hybridized carbons (Fsp3) is 0.375. The summed E-state index contributed by atoms with van der Waals surface area (Å²) in [6.07, 6.45) is 9.13. The topological polar surface area (TPSA) is 80.3 Å². The minimum absolute atomic E-state index is 0.177. The molecule has 1 fully saturated rings. The Bertz CT molecular complexity index is 860. The molecular weight excluding hydrogens is 306 g/mol. The Labute approximate surface area is 139 Å². The Morgan fingerprint density at radius 1 is 1.33 bits per heavy atom. The number of aromatic nitrogens is 5. The van der Waals surface area contributed by atoms with E-state index in [4.69, 9.17) is 0 Å². The van der Waals surface area contributed by atoms with Crippen molar-refractivity contribution >= 4 is 17.2 Å². The van der Waals surface area contributed by atoms with Crippen LogP contribution in [-0.2, 0) is 0 Å². The largest absolute Gasteiger partial charge is 0.319 e. The summed E-state index contributed by atoms with van der Waals surface area (Å²) in [6, 6.07) is 3.86. The van der Waals surface area contributed by atoms with E-state index in [2.05, 4.69) is 32.6 Å². The summed E-state index contributed by atoms with van der Waals surface area (Å²) in [7, 11) is 2.14. The van der Waals surface area contributed by atoms with E-state index >= 15 is 0 Å². The molecule has 1 saturated heterocycles. The zero-order valence-electron chi connectivity index (χ0n) is 13.5. The predicted octanol–water partition coefficient (Wildman–Crippen LogP) is 1.44. The second-order valence-electron chi connectivity index (χ2n) is 6.21. The van der Waals surface area contributed by atoms with E-state index in [0.29, 0.717) is 22.9 Å². The molecule has 3 aromatic heterocycles. The Balaban J connectivity index is 1.46. The average Bonchev–Trinajstić information content (AvgIpc) is 3.24. The fourth-order valence-electron chi connectivity index (χ4n) is 3.02. The molecule has 8 heteroatoms. The number of carbonyl (C=O) groups excluding carboxylic acids is 1. The highest BCUT2D eigenvalue weighted by molar-refractivity contribution is 6.04. The zero-order chi connectivity index (χ0) is 16.5. The molecule has 1 aliphatic rings. The molecule has 0 bridgehead atoms. The maximum absolute atomic E-state index is 12.4. The SMILES string of the molecule is CN1CCC(n2cc(NC(=O)c3ccn4cnnc4c3)cn2)CC1. The maximum atomic E-state index is 12.4. The van der Waals surface area contributed by atoms with Gasteiger partial charge >= 0.3 is 0 Å². The number of nitrogens with one attached hydrogen (secondary N) is 1. The fourth-order valence-corrected chi connectivity index (χ4v) is 3.02. The van der Waals surface area contributed by atoms with E-state index in [9.17, 15) is 4.79 Å². The van der Waals surface area contributed by atoms with E-state index in [1.54, 1.807) is 35.3 Å². The molecule has 0 spiro atoms. The zero-order valence-corrected chi connectivity index (χ0v) is 13.5. The number of hydrogen-bond acceptors (Lipinski definition) is 5. The molecule has 1 aliphatic heterocycles. The van der Waals surface area contributed by atoms with Gasteiger partial charge in [-0.25, -0.2) is 0 Å². The van der Waals surface area contributed by atoms with E-state index in [-0.39, 0.29) is 5.91 Å². The van der Waals surface area contributed by atoms with Crippen molar-refractivity contribution in [1.29, 1.82) is 0 Å². The van der Waals surface area contributed by atoms with Crippen LogP contribution >= 0.6 is 0 Å². The van der Waals surface area contributed by atoms with Crippen LogP contribution in [0.2, 0.25) is 0 Å². The Hall–Kier alpha value is -2.74. The summed E-state index contributed by atoms with van der Waals surface area (Å²) in [6.45, 7) is 2.15. The second kappa shape index (κ2) is 6.04. The monoisotopic (exact) mass is 325 g/mol. The molecule has 3 aromatic rings. The molecule has 0 aliphatic carbocycles. The van der Waals surface area contributed by atoms with Gasteiger partial charge in [-0.2, -0.15) is 5.10 Å². The number of pyridine rings is 1. The highest BCUT2D eigenvalue weighted by Gasteiger charge is 2.19.